The third kappa shape index (κ3) is 3.64. The highest BCUT2D eigenvalue weighted by Gasteiger charge is 2.59. The fourth-order valence-electron chi connectivity index (χ4n) is 9.09. The predicted molar refractivity (Wildman–Crippen MR) is 129 cm³/mol. The third-order valence-electron chi connectivity index (χ3n) is 11.1. The molecule has 0 aromatic rings. The van der Waals surface area contributed by atoms with Crippen LogP contribution >= 0.6 is 0 Å². The van der Waals surface area contributed by atoms with Gasteiger partial charge < -0.3 is 9.32 Å². The molecule has 0 N–H and O–H groups in total. The zero-order chi connectivity index (χ0) is 23.6. The normalized spacial score (nSPS) is 44.5. The van der Waals surface area contributed by atoms with Gasteiger partial charge in [0.05, 0.1) is 26.4 Å². The number of quaternary nitrogens is 1. The van der Waals surface area contributed by atoms with Crippen LogP contribution in [-0.2, 0) is 14.4 Å². The molecule has 5 nitrogen and oxygen atoms in total. The zero-order valence-electron chi connectivity index (χ0n) is 21.4. The summed E-state index contributed by atoms with van der Waals surface area (Å²) in [5, 5.41) is 4.45. The smallest absolute Gasteiger partial charge is 0.317 e. The Balaban J connectivity index is 1.31. The Bertz CT molecular complexity index is 905. The summed E-state index contributed by atoms with van der Waals surface area (Å²) in [6, 6.07) is -0.0866. The van der Waals surface area contributed by atoms with Crippen LogP contribution in [0, 0.1) is 34.5 Å². The minimum absolute atomic E-state index is 0.0866. The number of ketones is 1. The van der Waals surface area contributed by atoms with Gasteiger partial charge in [-0.25, -0.2) is 4.79 Å². The summed E-state index contributed by atoms with van der Waals surface area (Å²) < 4.78 is 0.709. The third-order valence-corrected chi connectivity index (χ3v) is 11.1. The second-order valence-corrected chi connectivity index (χ2v) is 12.9. The van der Waals surface area contributed by atoms with E-state index in [1.807, 2.05) is 6.08 Å². The average molecular weight is 456 g/mol. The minimum atomic E-state index is -0.161. The molecule has 0 aromatic carbocycles. The average Bonchev–Trinajstić information content (AvgIpc) is 3.30. The van der Waals surface area contributed by atoms with E-state index in [9.17, 15) is 9.59 Å². The fraction of sp³-hybridized carbons (Fsp3) is 0.821. The number of fused-ring (bicyclic) bond motifs is 5. The van der Waals surface area contributed by atoms with E-state index in [2.05, 4.69) is 40.0 Å². The van der Waals surface area contributed by atoms with Crippen molar-refractivity contribution >= 4 is 17.5 Å². The molecular formula is C28H43N2O3+. The first kappa shape index (κ1) is 23.3. The second-order valence-electron chi connectivity index (χ2n) is 12.9. The standard InChI is InChI=1S/C28H43N2O3/c1-18(29-33-26(32)25-7-6-16-30(25,4)5)22-10-11-23-21-9-8-19-17-20(31)12-14-27(19,2)24(21)13-15-28(22,23)3/h17,21-25H,6-16H2,1-5H3/q+1/b29-18+/t21?,22-,23+,24+,25?,27+,28-/m1/s1. The summed E-state index contributed by atoms with van der Waals surface area (Å²) in [4.78, 5) is 30.4. The van der Waals surface area contributed by atoms with Gasteiger partial charge in [-0.15, -0.1) is 0 Å². The van der Waals surface area contributed by atoms with Crippen LogP contribution in [0.4, 0.5) is 0 Å². The summed E-state index contributed by atoms with van der Waals surface area (Å²) in [5.41, 5.74) is 2.92. The van der Waals surface area contributed by atoms with Gasteiger partial charge >= 0.3 is 5.97 Å². The predicted octanol–water partition coefficient (Wildman–Crippen LogP) is 5.29. The van der Waals surface area contributed by atoms with Crippen LogP contribution in [0.1, 0.15) is 85.0 Å². The summed E-state index contributed by atoms with van der Waals surface area (Å²) >= 11 is 0. The van der Waals surface area contributed by atoms with E-state index in [1.54, 1.807) is 0 Å². The van der Waals surface area contributed by atoms with Crippen LogP contribution in [0.3, 0.4) is 0 Å². The fourth-order valence-corrected chi connectivity index (χ4v) is 9.09. The Morgan fingerprint density at radius 1 is 1.06 bits per heavy atom. The monoisotopic (exact) mass is 455 g/mol. The van der Waals surface area contributed by atoms with Crippen molar-refractivity contribution in [2.75, 3.05) is 20.6 Å². The molecule has 182 valence electrons. The van der Waals surface area contributed by atoms with E-state index < -0.39 is 0 Å². The maximum Gasteiger partial charge on any atom is 0.391 e. The van der Waals surface area contributed by atoms with Gasteiger partial charge in [0.15, 0.2) is 11.8 Å². The number of likely N-dealkylation sites (N-methyl/N-ethyl adjacent to an activating group) is 1. The minimum Gasteiger partial charge on any atom is -0.317 e. The van der Waals surface area contributed by atoms with Crippen LogP contribution in [0.2, 0.25) is 0 Å². The van der Waals surface area contributed by atoms with Gasteiger partial charge in [0.25, 0.3) is 0 Å². The van der Waals surface area contributed by atoms with Crippen molar-refractivity contribution in [3.8, 4) is 0 Å². The highest BCUT2D eigenvalue weighted by Crippen LogP contribution is 2.66. The second kappa shape index (κ2) is 8.03. The van der Waals surface area contributed by atoms with E-state index in [-0.39, 0.29) is 22.8 Å². The number of hydrogen-bond donors (Lipinski definition) is 0. The van der Waals surface area contributed by atoms with Gasteiger partial charge in [-0.3, -0.25) is 4.79 Å². The Hall–Kier alpha value is -1.49. The van der Waals surface area contributed by atoms with Gasteiger partial charge in [0.1, 0.15) is 0 Å². The molecule has 33 heavy (non-hydrogen) atoms. The number of nitrogens with zero attached hydrogens (tertiary/aromatic N) is 2. The molecule has 0 spiro atoms. The van der Waals surface area contributed by atoms with Gasteiger partial charge in [0, 0.05) is 25.2 Å². The largest absolute Gasteiger partial charge is 0.391 e. The molecule has 5 rings (SSSR count). The molecule has 0 bridgehead atoms. The number of likely N-dealkylation sites (tertiary alicyclic amines) is 1. The lowest BCUT2D eigenvalue weighted by atomic mass is 9.46. The van der Waals surface area contributed by atoms with Crippen molar-refractivity contribution in [1.82, 2.24) is 0 Å². The number of allylic oxidation sites excluding steroid dienone is 1. The van der Waals surface area contributed by atoms with Crippen molar-refractivity contribution in [3.05, 3.63) is 11.6 Å². The molecule has 4 aliphatic carbocycles. The topological polar surface area (TPSA) is 55.7 Å². The quantitative estimate of drug-likeness (QED) is 0.251. The van der Waals surface area contributed by atoms with Crippen molar-refractivity contribution in [1.29, 1.82) is 0 Å². The molecule has 0 amide bonds. The van der Waals surface area contributed by atoms with Crippen LogP contribution < -0.4 is 0 Å². The maximum absolute atomic E-state index is 12.7. The molecule has 1 heterocycles. The van der Waals surface area contributed by atoms with Gasteiger partial charge in [-0.05, 0) is 86.5 Å². The Kier molecular flexibility index (Phi) is 5.66. The number of oxime groups is 1. The lowest BCUT2D eigenvalue weighted by molar-refractivity contribution is -0.893. The van der Waals surface area contributed by atoms with Gasteiger partial charge in [-0.1, -0.05) is 24.6 Å². The highest BCUT2D eigenvalue weighted by molar-refractivity contribution is 5.91. The molecule has 1 aliphatic heterocycles. The lowest BCUT2D eigenvalue weighted by Gasteiger charge is -2.58. The summed E-state index contributed by atoms with van der Waals surface area (Å²) in [5.74, 6) is 2.75. The number of rotatable bonds is 3. The highest BCUT2D eigenvalue weighted by atomic mass is 16.7. The van der Waals surface area contributed by atoms with E-state index in [0.29, 0.717) is 28.0 Å². The van der Waals surface area contributed by atoms with Crippen molar-refractivity contribution in [2.45, 2.75) is 91.0 Å². The zero-order valence-corrected chi connectivity index (χ0v) is 21.4. The van der Waals surface area contributed by atoms with E-state index in [1.165, 1.54) is 31.3 Å². The Labute approximate surface area is 199 Å². The molecule has 3 saturated carbocycles. The molecule has 4 fully saturated rings. The van der Waals surface area contributed by atoms with E-state index >= 15 is 0 Å². The van der Waals surface area contributed by atoms with E-state index in [0.717, 1.165) is 56.7 Å². The summed E-state index contributed by atoms with van der Waals surface area (Å²) in [6.45, 7) is 8.05. The van der Waals surface area contributed by atoms with Crippen molar-refractivity contribution in [3.63, 3.8) is 0 Å². The summed E-state index contributed by atoms with van der Waals surface area (Å²) in [6.07, 6.45) is 12.9. The van der Waals surface area contributed by atoms with Gasteiger partial charge in [-0.2, -0.15) is 0 Å². The first-order chi connectivity index (χ1) is 15.6. The van der Waals surface area contributed by atoms with Gasteiger partial charge in [0.2, 0.25) is 0 Å². The SMILES string of the molecule is C/C(=N\OC(=O)C1CCC[N+]1(C)C)[C@H]1CC[C@H]2C3CCC4=CC(=O)CC[C@]4(C)[C@H]3CC[C@]12C. The van der Waals surface area contributed by atoms with E-state index in [4.69, 9.17) is 4.84 Å². The molecule has 5 heteroatoms. The van der Waals surface area contributed by atoms with Crippen molar-refractivity contribution < 1.29 is 18.9 Å². The molecule has 0 radical (unpaired) electrons. The Morgan fingerprint density at radius 3 is 2.58 bits per heavy atom. The molecule has 5 aliphatic rings. The maximum atomic E-state index is 12.7. The molecule has 1 saturated heterocycles. The summed E-state index contributed by atoms with van der Waals surface area (Å²) in [7, 11) is 4.23. The first-order valence-electron chi connectivity index (χ1n) is 13.4. The number of hydrogen-bond acceptors (Lipinski definition) is 4. The van der Waals surface area contributed by atoms with Crippen LogP contribution in [-0.4, -0.2) is 48.6 Å². The number of carbonyl (C=O) groups excluding carboxylic acids is 2. The molecule has 2 unspecified atom stereocenters. The Morgan fingerprint density at radius 2 is 1.85 bits per heavy atom. The van der Waals surface area contributed by atoms with Crippen molar-refractivity contribution in [2.24, 2.45) is 39.7 Å². The number of carbonyl (C=O) groups is 2. The molecule has 0 aromatic heterocycles. The lowest BCUT2D eigenvalue weighted by Crippen LogP contribution is -2.51. The van der Waals surface area contributed by atoms with Crippen LogP contribution in [0.15, 0.2) is 16.8 Å². The van der Waals surface area contributed by atoms with Crippen LogP contribution in [0.5, 0.6) is 0 Å². The van der Waals surface area contributed by atoms with Crippen LogP contribution in [0.25, 0.3) is 0 Å². The first-order valence-corrected chi connectivity index (χ1v) is 13.4. The molecule has 7 atom stereocenters. The molecular weight excluding hydrogens is 412 g/mol.